The lowest BCUT2D eigenvalue weighted by Crippen LogP contribution is -2.44. The molecule has 1 atom stereocenters. The van der Waals surface area contributed by atoms with Gasteiger partial charge in [0.05, 0.1) is 5.69 Å². The molecule has 0 saturated heterocycles. The minimum absolute atomic E-state index is 0.0652. The van der Waals surface area contributed by atoms with Gasteiger partial charge in [0.15, 0.2) is 5.69 Å². The van der Waals surface area contributed by atoms with E-state index in [-0.39, 0.29) is 23.9 Å². The Hall–Kier alpha value is -4.14. The van der Waals surface area contributed by atoms with Crippen molar-refractivity contribution in [2.45, 2.75) is 31.7 Å². The van der Waals surface area contributed by atoms with Crippen LogP contribution < -0.4 is 10.6 Å². The van der Waals surface area contributed by atoms with Crippen molar-refractivity contribution < 1.29 is 24.2 Å². The van der Waals surface area contributed by atoms with Gasteiger partial charge in [0.2, 0.25) is 5.91 Å². The fourth-order valence-electron chi connectivity index (χ4n) is 4.30. The molecule has 1 aliphatic rings. The number of carboxylic acids is 1. The van der Waals surface area contributed by atoms with E-state index < -0.39 is 24.0 Å². The Morgan fingerprint density at radius 1 is 1.09 bits per heavy atom. The minimum Gasteiger partial charge on any atom is -0.476 e. The number of ether oxygens (including phenoxy) is 1. The molecule has 1 heterocycles. The van der Waals surface area contributed by atoms with Gasteiger partial charge < -0.3 is 20.5 Å². The first kappa shape index (κ1) is 23.0. The summed E-state index contributed by atoms with van der Waals surface area (Å²) in [4.78, 5) is 36.8. The molecule has 1 aliphatic carbocycles. The number of hydrogen-bond donors (Lipinski definition) is 3. The van der Waals surface area contributed by atoms with E-state index in [2.05, 4.69) is 27.9 Å². The number of carbonyl (C=O) groups is 3. The summed E-state index contributed by atoms with van der Waals surface area (Å²) in [6.07, 6.45) is 1.68. The highest BCUT2D eigenvalue weighted by Gasteiger charge is 2.30. The lowest BCUT2D eigenvalue weighted by atomic mass is 9.98. The number of aromatic carboxylic acids is 1. The highest BCUT2D eigenvalue weighted by molar-refractivity contribution is 6.01. The monoisotopic (exact) mass is 462 g/mol. The number of aryl methyl sites for hydroxylation is 1. The zero-order chi connectivity index (χ0) is 24.2. The van der Waals surface area contributed by atoms with Gasteiger partial charge in [-0.2, -0.15) is 5.10 Å². The molecule has 9 nitrogen and oxygen atoms in total. The molecule has 0 spiro atoms. The second kappa shape index (κ2) is 9.78. The predicted molar refractivity (Wildman–Crippen MR) is 126 cm³/mol. The Morgan fingerprint density at radius 2 is 1.71 bits per heavy atom. The molecule has 3 N–H and O–H groups in total. The number of carboxylic acid groups (broad SMARTS) is 1. The van der Waals surface area contributed by atoms with Crippen LogP contribution in [0.3, 0.4) is 0 Å². The van der Waals surface area contributed by atoms with Gasteiger partial charge >= 0.3 is 12.1 Å². The fraction of sp³-hybridized carbons (Fsp3) is 0.280. The average Bonchev–Trinajstić information content (AvgIpc) is 3.35. The number of nitrogens with zero attached hydrogens (tertiary/aromatic N) is 2. The largest absolute Gasteiger partial charge is 0.476 e. The van der Waals surface area contributed by atoms with Gasteiger partial charge in [0, 0.05) is 19.2 Å². The Labute approximate surface area is 196 Å². The second-order valence-electron chi connectivity index (χ2n) is 8.17. The van der Waals surface area contributed by atoms with Gasteiger partial charge in [0.1, 0.15) is 12.6 Å². The van der Waals surface area contributed by atoms with E-state index in [1.165, 1.54) is 10.9 Å². The van der Waals surface area contributed by atoms with E-state index >= 15 is 0 Å². The van der Waals surface area contributed by atoms with Crippen LogP contribution in [0, 0.1) is 0 Å². The van der Waals surface area contributed by atoms with Crippen molar-refractivity contribution in [1.29, 1.82) is 0 Å². The summed E-state index contributed by atoms with van der Waals surface area (Å²) < 4.78 is 6.84. The Kier molecular flexibility index (Phi) is 6.62. The van der Waals surface area contributed by atoms with Crippen LogP contribution in [0.4, 0.5) is 10.5 Å². The predicted octanol–water partition coefficient (Wildman–Crippen LogP) is 3.76. The third kappa shape index (κ3) is 4.63. The molecule has 176 valence electrons. The van der Waals surface area contributed by atoms with Gasteiger partial charge in [-0.05, 0) is 28.7 Å². The third-order valence-electron chi connectivity index (χ3n) is 5.82. The van der Waals surface area contributed by atoms with Crippen molar-refractivity contribution in [3.63, 3.8) is 0 Å². The van der Waals surface area contributed by atoms with E-state index in [0.717, 1.165) is 22.3 Å². The molecule has 0 fully saturated rings. The number of fused-ring (bicyclic) bond motifs is 3. The maximum Gasteiger partial charge on any atom is 0.407 e. The molecular weight excluding hydrogens is 436 g/mol. The summed E-state index contributed by atoms with van der Waals surface area (Å²) in [6.45, 7) is 2.01. The normalized spacial score (nSPS) is 13.0. The van der Waals surface area contributed by atoms with E-state index in [4.69, 9.17) is 4.74 Å². The number of aromatic nitrogens is 2. The van der Waals surface area contributed by atoms with E-state index in [1.54, 1.807) is 7.05 Å². The quantitative estimate of drug-likeness (QED) is 0.468. The first-order valence-corrected chi connectivity index (χ1v) is 11.1. The van der Waals surface area contributed by atoms with Gasteiger partial charge in [0.25, 0.3) is 0 Å². The van der Waals surface area contributed by atoms with Crippen LogP contribution in [0.2, 0.25) is 0 Å². The van der Waals surface area contributed by atoms with Gasteiger partial charge in [-0.15, -0.1) is 0 Å². The summed E-state index contributed by atoms with van der Waals surface area (Å²) in [5.41, 5.74) is 4.24. The zero-order valence-corrected chi connectivity index (χ0v) is 18.9. The molecule has 2 aromatic carbocycles. The molecule has 1 aromatic heterocycles. The van der Waals surface area contributed by atoms with E-state index in [0.29, 0.717) is 12.8 Å². The van der Waals surface area contributed by atoms with Gasteiger partial charge in [-0.1, -0.05) is 61.9 Å². The van der Waals surface area contributed by atoms with Crippen LogP contribution in [0.1, 0.15) is 47.3 Å². The van der Waals surface area contributed by atoms with Crippen molar-refractivity contribution in [2.75, 3.05) is 11.9 Å². The molecule has 2 amide bonds. The number of rotatable bonds is 8. The van der Waals surface area contributed by atoms with Crippen molar-refractivity contribution in [2.24, 2.45) is 7.05 Å². The zero-order valence-electron chi connectivity index (χ0n) is 18.9. The van der Waals surface area contributed by atoms with Crippen LogP contribution in [0.25, 0.3) is 11.1 Å². The Bertz CT molecular complexity index is 1190. The molecule has 3 aromatic rings. The lowest BCUT2D eigenvalue weighted by Gasteiger charge is -2.19. The molecular formula is C25H26N4O5. The first-order chi connectivity index (χ1) is 16.4. The number of amides is 2. The third-order valence-corrected chi connectivity index (χ3v) is 5.82. The summed E-state index contributed by atoms with van der Waals surface area (Å²) in [5, 5.41) is 18.3. The summed E-state index contributed by atoms with van der Waals surface area (Å²) in [7, 11) is 1.56. The van der Waals surface area contributed by atoms with Crippen LogP contribution in [-0.2, 0) is 16.6 Å². The highest BCUT2D eigenvalue weighted by atomic mass is 16.5. The topological polar surface area (TPSA) is 123 Å². The number of hydrogen-bond acceptors (Lipinski definition) is 5. The molecule has 0 aliphatic heterocycles. The second-order valence-corrected chi connectivity index (χ2v) is 8.17. The van der Waals surface area contributed by atoms with Crippen molar-refractivity contribution in [1.82, 2.24) is 15.1 Å². The number of alkyl carbamates (subject to hydrolysis) is 1. The Morgan fingerprint density at radius 3 is 2.29 bits per heavy atom. The maximum atomic E-state index is 12.8. The van der Waals surface area contributed by atoms with Crippen molar-refractivity contribution >= 4 is 23.7 Å². The molecule has 9 heteroatoms. The molecule has 0 unspecified atom stereocenters. The van der Waals surface area contributed by atoms with E-state index in [9.17, 15) is 19.5 Å². The lowest BCUT2D eigenvalue weighted by molar-refractivity contribution is -0.118. The number of benzene rings is 2. The molecule has 4 rings (SSSR count). The van der Waals surface area contributed by atoms with Crippen LogP contribution >= 0.6 is 0 Å². The Balaban J connectivity index is 1.42. The van der Waals surface area contributed by atoms with Crippen LogP contribution in [0.15, 0.2) is 54.7 Å². The standard InChI is InChI=1S/C25H26N4O5/c1-3-8-20(23(30)26-21-13-29(2)28-22(21)24(31)32)27-25(33)34-14-19-17-11-6-4-9-15(17)16-10-5-7-12-18(16)19/h4-7,9-13,19-20H,3,8,14H2,1-2H3,(H,26,30)(H,27,33)(H,31,32)/t20-/m0/s1. The number of nitrogens with one attached hydrogen (secondary N) is 2. The molecule has 34 heavy (non-hydrogen) atoms. The molecule has 0 saturated carbocycles. The SMILES string of the molecule is CCC[C@H](NC(=O)OCC1c2ccccc2-c2ccccc21)C(=O)Nc1cn(C)nc1C(=O)O. The first-order valence-electron chi connectivity index (χ1n) is 11.1. The minimum atomic E-state index is -1.26. The van der Waals surface area contributed by atoms with Gasteiger partial charge in [-0.25, -0.2) is 9.59 Å². The molecule has 0 radical (unpaired) electrons. The molecule has 0 bridgehead atoms. The fourth-order valence-corrected chi connectivity index (χ4v) is 4.30. The van der Waals surface area contributed by atoms with Crippen molar-refractivity contribution in [3.8, 4) is 11.1 Å². The average molecular weight is 463 g/mol. The van der Waals surface area contributed by atoms with Crippen LogP contribution in [-0.4, -0.2) is 45.5 Å². The maximum absolute atomic E-state index is 12.8. The van der Waals surface area contributed by atoms with Gasteiger partial charge in [-0.3, -0.25) is 9.48 Å². The summed E-state index contributed by atoms with van der Waals surface area (Å²) in [5.74, 6) is -1.89. The van der Waals surface area contributed by atoms with Crippen LogP contribution in [0.5, 0.6) is 0 Å². The summed E-state index contributed by atoms with van der Waals surface area (Å²) >= 11 is 0. The van der Waals surface area contributed by atoms with Crippen molar-refractivity contribution in [3.05, 3.63) is 71.5 Å². The number of carbonyl (C=O) groups excluding carboxylic acids is 2. The number of anilines is 1. The smallest absolute Gasteiger partial charge is 0.407 e. The highest BCUT2D eigenvalue weighted by Crippen LogP contribution is 2.44. The van der Waals surface area contributed by atoms with E-state index in [1.807, 2.05) is 43.3 Å². The summed E-state index contributed by atoms with van der Waals surface area (Å²) in [6, 6.07) is 15.2.